The Morgan fingerprint density at radius 2 is 1.44 bits per heavy atom. The van der Waals surface area contributed by atoms with Gasteiger partial charge in [0.15, 0.2) is 5.82 Å². The molecule has 4 rings (SSSR count). The molecule has 3 heteroatoms. The van der Waals surface area contributed by atoms with E-state index < -0.39 is 0 Å². The topological polar surface area (TPSA) is 49.6 Å². The standard InChI is InChI=1S/C29H33N3/c1-2-3-4-5-6-22-7-11-24(12-8-22)25-15-17-26(18-16-25)28-20-31-29(32-21-28)27-13-9-23(19-30)10-14-27/h9-10,13-18,20-22,24H,2-8,11-12H2,1H3. The van der Waals surface area contributed by atoms with Crippen LogP contribution in [0, 0.1) is 17.2 Å². The Hall–Kier alpha value is -2.99. The van der Waals surface area contributed by atoms with Crippen LogP contribution in [0.1, 0.15) is 81.8 Å². The van der Waals surface area contributed by atoms with Crippen LogP contribution >= 0.6 is 0 Å². The summed E-state index contributed by atoms with van der Waals surface area (Å²) in [5.41, 5.74) is 5.24. The fourth-order valence-electron chi connectivity index (χ4n) is 4.91. The summed E-state index contributed by atoms with van der Waals surface area (Å²) in [4.78, 5) is 9.09. The van der Waals surface area contributed by atoms with Gasteiger partial charge in [-0.25, -0.2) is 9.97 Å². The molecule has 0 unspecified atom stereocenters. The highest BCUT2D eigenvalue weighted by atomic mass is 14.9. The van der Waals surface area contributed by atoms with Gasteiger partial charge in [-0.1, -0.05) is 63.3 Å². The highest BCUT2D eigenvalue weighted by Crippen LogP contribution is 2.38. The number of nitriles is 1. The van der Waals surface area contributed by atoms with Crippen LogP contribution in [-0.4, -0.2) is 9.97 Å². The predicted molar refractivity (Wildman–Crippen MR) is 131 cm³/mol. The van der Waals surface area contributed by atoms with Gasteiger partial charge in [0.25, 0.3) is 0 Å². The first-order valence-electron chi connectivity index (χ1n) is 12.2. The van der Waals surface area contributed by atoms with Crippen LogP contribution in [0.2, 0.25) is 0 Å². The van der Waals surface area contributed by atoms with Gasteiger partial charge in [0, 0.05) is 23.5 Å². The summed E-state index contributed by atoms with van der Waals surface area (Å²) in [6, 6.07) is 18.5. The Labute approximate surface area is 192 Å². The molecular weight excluding hydrogens is 390 g/mol. The molecule has 1 fully saturated rings. The highest BCUT2D eigenvalue weighted by Gasteiger charge is 2.22. The molecule has 0 aliphatic heterocycles. The third kappa shape index (κ3) is 5.62. The van der Waals surface area contributed by atoms with Crippen molar-refractivity contribution < 1.29 is 0 Å². The minimum absolute atomic E-state index is 0.644. The van der Waals surface area contributed by atoms with Crippen LogP contribution < -0.4 is 0 Å². The number of rotatable bonds is 8. The average Bonchev–Trinajstić information content (AvgIpc) is 2.87. The molecule has 1 aliphatic carbocycles. The Morgan fingerprint density at radius 3 is 2.06 bits per heavy atom. The van der Waals surface area contributed by atoms with E-state index in [9.17, 15) is 0 Å². The van der Waals surface area contributed by atoms with E-state index in [1.807, 2.05) is 24.5 Å². The first-order chi connectivity index (χ1) is 15.8. The molecule has 1 aliphatic rings. The van der Waals surface area contributed by atoms with Gasteiger partial charge in [-0.05, 0) is 72.9 Å². The third-order valence-electron chi connectivity index (χ3n) is 6.95. The first-order valence-corrected chi connectivity index (χ1v) is 12.2. The Bertz CT molecular complexity index is 1010. The number of benzene rings is 2. The Balaban J connectivity index is 1.33. The summed E-state index contributed by atoms with van der Waals surface area (Å²) in [6.45, 7) is 2.29. The lowest BCUT2D eigenvalue weighted by atomic mass is 9.77. The van der Waals surface area contributed by atoms with E-state index in [1.165, 1.54) is 63.4 Å². The van der Waals surface area contributed by atoms with E-state index in [-0.39, 0.29) is 0 Å². The van der Waals surface area contributed by atoms with Crippen LogP contribution in [0.3, 0.4) is 0 Å². The molecule has 3 nitrogen and oxygen atoms in total. The fourth-order valence-corrected chi connectivity index (χ4v) is 4.91. The molecule has 164 valence electrons. The molecule has 0 amide bonds. The van der Waals surface area contributed by atoms with Gasteiger partial charge in [-0.2, -0.15) is 5.26 Å². The van der Waals surface area contributed by atoms with Gasteiger partial charge in [0.1, 0.15) is 0 Å². The molecule has 32 heavy (non-hydrogen) atoms. The molecule has 3 aromatic rings. The zero-order valence-corrected chi connectivity index (χ0v) is 19.1. The van der Waals surface area contributed by atoms with Gasteiger partial charge in [0.05, 0.1) is 11.6 Å². The number of aromatic nitrogens is 2. The average molecular weight is 424 g/mol. The van der Waals surface area contributed by atoms with E-state index in [2.05, 4.69) is 47.2 Å². The second-order valence-corrected chi connectivity index (χ2v) is 9.17. The monoisotopic (exact) mass is 423 g/mol. The van der Waals surface area contributed by atoms with Crippen molar-refractivity contribution in [1.82, 2.24) is 9.97 Å². The van der Waals surface area contributed by atoms with Crippen molar-refractivity contribution >= 4 is 0 Å². The largest absolute Gasteiger partial charge is 0.236 e. The van der Waals surface area contributed by atoms with Crippen LogP contribution in [0.25, 0.3) is 22.5 Å². The van der Waals surface area contributed by atoms with Crippen LogP contribution in [0.5, 0.6) is 0 Å². The van der Waals surface area contributed by atoms with E-state index in [0.717, 1.165) is 22.6 Å². The van der Waals surface area contributed by atoms with Crippen LogP contribution in [0.15, 0.2) is 60.9 Å². The van der Waals surface area contributed by atoms with Gasteiger partial charge < -0.3 is 0 Å². The van der Waals surface area contributed by atoms with Crippen molar-refractivity contribution in [3.63, 3.8) is 0 Å². The van der Waals surface area contributed by atoms with Crippen LogP contribution in [-0.2, 0) is 0 Å². The normalized spacial score (nSPS) is 18.2. The summed E-state index contributed by atoms with van der Waals surface area (Å²) in [5, 5.41) is 8.94. The Morgan fingerprint density at radius 1 is 0.781 bits per heavy atom. The second-order valence-electron chi connectivity index (χ2n) is 9.17. The fraction of sp³-hybridized carbons (Fsp3) is 0.414. The van der Waals surface area contributed by atoms with E-state index in [0.29, 0.717) is 17.3 Å². The number of hydrogen-bond acceptors (Lipinski definition) is 3. The summed E-state index contributed by atoms with van der Waals surface area (Å²) >= 11 is 0. The lowest BCUT2D eigenvalue weighted by molar-refractivity contribution is 0.302. The molecule has 2 aromatic carbocycles. The molecule has 0 N–H and O–H groups in total. The number of unbranched alkanes of at least 4 members (excludes halogenated alkanes) is 3. The molecule has 1 aromatic heterocycles. The maximum absolute atomic E-state index is 8.94. The molecule has 0 atom stereocenters. The summed E-state index contributed by atoms with van der Waals surface area (Å²) in [6.07, 6.45) is 16.2. The smallest absolute Gasteiger partial charge is 0.159 e. The molecule has 1 saturated carbocycles. The van der Waals surface area contributed by atoms with Crippen molar-refractivity contribution in [2.45, 2.75) is 70.6 Å². The third-order valence-corrected chi connectivity index (χ3v) is 6.95. The van der Waals surface area contributed by atoms with E-state index in [1.54, 1.807) is 12.1 Å². The molecule has 1 heterocycles. The van der Waals surface area contributed by atoms with Crippen molar-refractivity contribution in [3.05, 3.63) is 72.1 Å². The molecular formula is C29H33N3. The van der Waals surface area contributed by atoms with Crippen LogP contribution in [0.4, 0.5) is 0 Å². The minimum atomic E-state index is 0.644. The quantitative estimate of drug-likeness (QED) is 0.346. The SMILES string of the molecule is CCCCCCC1CCC(c2ccc(-c3cnc(-c4ccc(C#N)cc4)nc3)cc2)CC1. The van der Waals surface area contributed by atoms with Gasteiger partial charge in [0.2, 0.25) is 0 Å². The van der Waals surface area contributed by atoms with Crippen molar-refractivity contribution in [1.29, 1.82) is 5.26 Å². The molecule has 0 saturated heterocycles. The summed E-state index contributed by atoms with van der Waals surface area (Å²) < 4.78 is 0. The maximum atomic E-state index is 8.94. The number of hydrogen-bond donors (Lipinski definition) is 0. The molecule has 0 bridgehead atoms. The maximum Gasteiger partial charge on any atom is 0.159 e. The molecule has 0 radical (unpaired) electrons. The zero-order valence-electron chi connectivity index (χ0n) is 19.1. The van der Waals surface area contributed by atoms with Crippen molar-refractivity contribution in [3.8, 4) is 28.6 Å². The minimum Gasteiger partial charge on any atom is -0.236 e. The van der Waals surface area contributed by atoms with Crippen molar-refractivity contribution in [2.24, 2.45) is 5.92 Å². The predicted octanol–water partition coefficient (Wildman–Crippen LogP) is 7.93. The second kappa shape index (κ2) is 11.0. The van der Waals surface area contributed by atoms with Gasteiger partial charge >= 0.3 is 0 Å². The lowest BCUT2D eigenvalue weighted by Crippen LogP contribution is -2.13. The summed E-state index contributed by atoms with van der Waals surface area (Å²) in [7, 11) is 0. The first kappa shape index (κ1) is 22.2. The lowest BCUT2D eigenvalue weighted by Gasteiger charge is -2.29. The van der Waals surface area contributed by atoms with E-state index >= 15 is 0 Å². The zero-order chi connectivity index (χ0) is 22.2. The summed E-state index contributed by atoms with van der Waals surface area (Å²) in [5.74, 6) is 2.35. The number of nitrogens with zero attached hydrogens (tertiary/aromatic N) is 3. The van der Waals surface area contributed by atoms with Gasteiger partial charge in [-0.3, -0.25) is 0 Å². The van der Waals surface area contributed by atoms with Crippen molar-refractivity contribution in [2.75, 3.05) is 0 Å². The highest BCUT2D eigenvalue weighted by molar-refractivity contribution is 5.64. The van der Waals surface area contributed by atoms with Gasteiger partial charge in [-0.15, -0.1) is 0 Å². The Kier molecular flexibility index (Phi) is 7.67. The van der Waals surface area contributed by atoms with E-state index in [4.69, 9.17) is 5.26 Å². The molecule has 0 spiro atoms.